The van der Waals surface area contributed by atoms with Crippen LogP contribution >= 0.6 is 0 Å². The van der Waals surface area contributed by atoms with Crippen LogP contribution in [-0.2, 0) is 19.1 Å². The van der Waals surface area contributed by atoms with E-state index in [0.717, 1.165) is 30.8 Å². The molecule has 6 nitrogen and oxygen atoms in total. The minimum Gasteiger partial charge on any atom is -0.462 e. The summed E-state index contributed by atoms with van der Waals surface area (Å²) in [6.45, 7) is 7.99. The summed E-state index contributed by atoms with van der Waals surface area (Å²) in [4.78, 5) is 27.6. The number of carbonyl (C=O) groups is 2. The monoisotopic (exact) mass is 384 g/mol. The molecule has 2 aliphatic rings. The molecular weight excluding hydrogens is 356 g/mol. The molecule has 0 radical (unpaired) electrons. The third-order valence-corrected chi connectivity index (χ3v) is 5.33. The predicted molar refractivity (Wildman–Crippen MR) is 108 cm³/mol. The van der Waals surface area contributed by atoms with Crippen molar-refractivity contribution in [3.8, 4) is 0 Å². The number of nitrogens with two attached hydrogens (primary N) is 1. The van der Waals surface area contributed by atoms with E-state index in [1.165, 1.54) is 0 Å². The molecule has 1 aliphatic heterocycles. The van der Waals surface area contributed by atoms with Crippen LogP contribution in [0.15, 0.2) is 47.1 Å². The molecule has 1 aromatic rings. The fourth-order valence-electron chi connectivity index (χ4n) is 3.96. The second-order valence-corrected chi connectivity index (χ2v) is 6.91. The predicted octanol–water partition coefficient (Wildman–Crippen LogP) is 3.39. The number of ketones is 1. The number of esters is 1. The smallest absolute Gasteiger partial charge is 0.340 e. The van der Waals surface area contributed by atoms with Crippen molar-refractivity contribution in [1.29, 1.82) is 0 Å². The van der Waals surface area contributed by atoms with Crippen LogP contribution in [0.3, 0.4) is 0 Å². The summed E-state index contributed by atoms with van der Waals surface area (Å²) < 4.78 is 10.9. The molecule has 0 saturated heterocycles. The highest BCUT2D eigenvalue weighted by atomic mass is 16.5. The van der Waals surface area contributed by atoms with E-state index in [9.17, 15) is 9.59 Å². The van der Waals surface area contributed by atoms with E-state index in [1.807, 2.05) is 24.3 Å². The quantitative estimate of drug-likeness (QED) is 0.757. The number of hydrogen-bond donors (Lipinski definition) is 1. The molecule has 0 fully saturated rings. The number of Topliss-reactive ketones (excluding diaryl/α,β-unsaturated/α-hetero) is 1. The second kappa shape index (κ2) is 8.50. The van der Waals surface area contributed by atoms with E-state index in [-0.39, 0.29) is 23.8 Å². The molecule has 150 valence electrons. The van der Waals surface area contributed by atoms with Crippen LogP contribution in [0.1, 0.15) is 51.5 Å². The molecule has 0 amide bonds. The number of ether oxygens (including phenoxy) is 2. The van der Waals surface area contributed by atoms with Crippen molar-refractivity contribution in [3.63, 3.8) is 0 Å². The fraction of sp³-hybridized carbons (Fsp3) is 0.455. The van der Waals surface area contributed by atoms with Crippen molar-refractivity contribution in [2.24, 2.45) is 5.73 Å². The van der Waals surface area contributed by atoms with E-state index in [0.29, 0.717) is 24.2 Å². The van der Waals surface area contributed by atoms with Crippen molar-refractivity contribution >= 4 is 17.4 Å². The largest absolute Gasteiger partial charge is 0.462 e. The fourth-order valence-corrected chi connectivity index (χ4v) is 3.96. The SMILES string of the molecule is CCOC(=O)C1=C(N)OC2=C(C(=O)CCC2)[C@@H]1c1ccc(N(CC)CC)cc1. The first kappa shape index (κ1) is 20.0. The highest BCUT2D eigenvalue weighted by Gasteiger charge is 2.41. The summed E-state index contributed by atoms with van der Waals surface area (Å²) in [6.07, 6.45) is 1.82. The Hall–Kier alpha value is -2.76. The van der Waals surface area contributed by atoms with E-state index < -0.39 is 11.9 Å². The number of benzene rings is 1. The maximum Gasteiger partial charge on any atom is 0.340 e. The van der Waals surface area contributed by atoms with E-state index in [1.54, 1.807) is 6.92 Å². The maximum absolute atomic E-state index is 12.8. The summed E-state index contributed by atoms with van der Waals surface area (Å²) >= 11 is 0. The van der Waals surface area contributed by atoms with Gasteiger partial charge in [-0.3, -0.25) is 4.79 Å². The highest BCUT2D eigenvalue weighted by Crippen LogP contribution is 2.44. The van der Waals surface area contributed by atoms with E-state index >= 15 is 0 Å². The van der Waals surface area contributed by atoms with Gasteiger partial charge in [-0.2, -0.15) is 0 Å². The van der Waals surface area contributed by atoms with Crippen molar-refractivity contribution in [2.75, 3.05) is 24.6 Å². The lowest BCUT2D eigenvalue weighted by molar-refractivity contribution is -0.139. The molecule has 1 atom stereocenters. The normalized spacial score (nSPS) is 19.2. The highest BCUT2D eigenvalue weighted by molar-refractivity contribution is 6.03. The molecule has 2 N–H and O–H groups in total. The molecule has 3 rings (SSSR count). The summed E-state index contributed by atoms with van der Waals surface area (Å²) in [6, 6.07) is 7.96. The Bertz CT molecular complexity index is 819. The lowest BCUT2D eigenvalue weighted by atomic mass is 9.77. The standard InChI is InChI=1S/C22H28N2O4/c1-4-24(5-2)15-12-10-14(11-13-15)18-19-16(25)8-7-9-17(19)28-21(23)20(18)22(26)27-6-3/h10-13,18H,4-9,23H2,1-3H3/t18-/m0/s1. The van der Waals surface area contributed by atoms with Crippen LogP contribution in [-0.4, -0.2) is 31.4 Å². The Morgan fingerprint density at radius 2 is 1.86 bits per heavy atom. The Balaban J connectivity index is 2.08. The van der Waals surface area contributed by atoms with Crippen molar-refractivity contribution in [3.05, 3.63) is 52.6 Å². The summed E-state index contributed by atoms with van der Waals surface area (Å²) in [7, 11) is 0. The molecule has 1 aromatic carbocycles. The van der Waals surface area contributed by atoms with Gasteiger partial charge in [-0.15, -0.1) is 0 Å². The Kier molecular flexibility index (Phi) is 6.07. The van der Waals surface area contributed by atoms with Gasteiger partial charge in [0.1, 0.15) is 11.3 Å². The lowest BCUT2D eigenvalue weighted by Crippen LogP contribution is -2.31. The topological polar surface area (TPSA) is 81.9 Å². The molecule has 0 unspecified atom stereocenters. The third-order valence-electron chi connectivity index (χ3n) is 5.33. The van der Waals surface area contributed by atoms with Gasteiger partial charge in [-0.25, -0.2) is 4.79 Å². The summed E-state index contributed by atoms with van der Waals surface area (Å²) in [5.74, 6) is -0.471. The van der Waals surface area contributed by atoms with Crippen molar-refractivity contribution < 1.29 is 19.1 Å². The molecule has 1 heterocycles. The van der Waals surface area contributed by atoms with Crippen LogP contribution in [0.25, 0.3) is 0 Å². The lowest BCUT2D eigenvalue weighted by Gasteiger charge is -2.32. The first-order chi connectivity index (χ1) is 13.5. The van der Waals surface area contributed by atoms with Crippen LogP contribution < -0.4 is 10.6 Å². The van der Waals surface area contributed by atoms with E-state index in [2.05, 4.69) is 18.7 Å². The van der Waals surface area contributed by atoms with E-state index in [4.69, 9.17) is 15.2 Å². The zero-order valence-electron chi connectivity index (χ0n) is 16.8. The Morgan fingerprint density at radius 1 is 1.18 bits per heavy atom. The number of allylic oxidation sites excluding steroid dienone is 2. The first-order valence-electron chi connectivity index (χ1n) is 9.97. The summed E-state index contributed by atoms with van der Waals surface area (Å²) in [5.41, 5.74) is 8.81. The number of rotatable bonds is 6. The minimum atomic E-state index is -0.554. The Morgan fingerprint density at radius 3 is 2.46 bits per heavy atom. The molecule has 1 aliphatic carbocycles. The molecule has 6 heteroatoms. The molecule has 0 saturated carbocycles. The minimum absolute atomic E-state index is 0.00775. The maximum atomic E-state index is 12.8. The van der Waals surface area contributed by atoms with Crippen molar-refractivity contribution in [1.82, 2.24) is 0 Å². The van der Waals surface area contributed by atoms with Gasteiger partial charge in [-0.1, -0.05) is 12.1 Å². The molecule has 28 heavy (non-hydrogen) atoms. The number of carbonyl (C=O) groups excluding carboxylic acids is 2. The zero-order valence-corrected chi connectivity index (χ0v) is 16.8. The average Bonchev–Trinajstić information content (AvgIpc) is 2.69. The average molecular weight is 384 g/mol. The van der Waals surface area contributed by atoms with Crippen LogP contribution in [0.2, 0.25) is 0 Å². The van der Waals surface area contributed by atoms with Crippen molar-refractivity contribution in [2.45, 2.75) is 46.0 Å². The zero-order chi connectivity index (χ0) is 20.3. The molecule has 0 bridgehead atoms. The van der Waals surface area contributed by atoms with Gasteiger partial charge in [0.05, 0.1) is 12.5 Å². The number of hydrogen-bond acceptors (Lipinski definition) is 6. The van der Waals surface area contributed by atoms with Crippen LogP contribution in [0.5, 0.6) is 0 Å². The first-order valence-corrected chi connectivity index (χ1v) is 9.97. The van der Waals surface area contributed by atoms with Crippen LogP contribution in [0, 0.1) is 0 Å². The number of anilines is 1. The summed E-state index contributed by atoms with van der Waals surface area (Å²) in [5, 5.41) is 0. The molecule has 0 aromatic heterocycles. The van der Waals surface area contributed by atoms with Gasteiger partial charge in [0.2, 0.25) is 5.88 Å². The van der Waals surface area contributed by atoms with Crippen LogP contribution in [0.4, 0.5) is 5.69 Å². The van der Waals surface area contributed by atoms with Gasteiger partial charge < -0.3 is 20.1 Å². The van der Waals surface area contributed by atoms with Gasteiger partial charge >= 0.3 is 5.97 Å². The second-order valence-electron chi connectivity index (χ2n) is 6.91. The van der Waals surface area contributed by atoms with Gasteiger partial charge in [-0.05, 0) is 44.9 Å². The number of nitrogens with zero attached hydrogens (tertiary/aromatic N) is 1. The Labute approximate surface area is 166 Å². The molecule has 0 spiro atoms. The van der Waals surface area contributed by atoms with Gasteiger partial charge in [0.15, 0.2) is 5.78 Å². The molecular formula is C22H28N2O4. The van der Waals surface area contributed by atoms with Gasteiger partial charge in [0, 0.05) is 37.2 Å². The third kappa shape index (κ3) is 3.63. The van der Waals surface area contributed by atoms with Gasteiger partial charge in [0.25, 0.3) is 0 Å².